The zero-order valence-corrected chi connectivity index (χ0v) is 16.3. The second kappa shape index (κ2) is 8.25. The molecule has 2 saturated heterocycles. The summed E-state index contributed by atoms with van der Waals surface area (Å²) in [5.41, 5.74) is -0.700. The van der Waals surface area contributed by atoms with Gasteiger partial charge in [0.15, 0.2) is 0 Å². The van der Waals surface area contributed by atoms with Crippen molar-refractivity contribution in [3.63, 3.8) is 0 Å². The summed E-state index contributed by atoms with van der Waals surface area (Å²) in [6.45, 7) is 4.18. The second-order valence-corrected chi connectivity index (χ2v) is 9.57. The van der Waals surface area contributed by atoms with E-state index >= 15 is 0 Å². The van der Waals surface area contributed by atoms with Crippen LogP contribution in [0.2, 0.25) is 0 Å². The molecule has 2 heterocycles. The first-order chi connectivity index (χ1) is 12.4. The van der Waals surface area contributed by atoms with Gasteiger partial charge in [-0.3, -0.25) is 0 Å². The minimum absolute atomic E-state index is 0.000272. The Morgan fingerprint density at radius 3 is 2.62 bits per heavy atom. The molecule has 0 bridgehead atoms. The van der Waals surface area contributed by atoms with Crippen LogP contribution >= 0.6 is 0 Å². The van der Waals surface area contributed by atoms with Crippen molar-refractivity contribution >= 4 is 10.0 Å². The number of ether oxygens (including phenoxy) is 1. The standard InChI is InChI=1S/C19H30N2O4S/c1-26(23,24)21-13-10-19(22)9-12-20(15-17(19)16-21)11-5-6-14-25-18-7-3-2-4-8-18/h2-4,7-8,17,22H,5-6,9-16H2,1H3/t17-,19-/m1/s1. The molecule has 26 heavy (non-hydrogen) atoms. The van der Waals surface area contributed by atoms with Gasteiger partial charge in [-0.05, 0) is 44.4 Å². The van der Waals surface area contributed by atoms with Crippen LogP contribution < -0.4 is 4.74 Å². The molecule has 1 aromatic carbocycles. The van der Waals surface area contributed by atoms with Crippen LogP contribution in [0.1, 0.15) is 25.7 Å². The maximum absolute atomic E-state index is 11.8. The molecule has 0 aliphatic carbocycles. The summed E-state index contributed by atoms with van der Waals surface area (Å²) in [6.07, 6.45) is 4.55. The van der Waals surface area contributed by atoms with E-state index < -0.39 is 15.6 Å². The van der Waals surface area contributed by atoms with Crippen molar-refractivity contribution in [2.75, 3.05) is 45.6 Å². The fraction of sp³-hybridized carbons (Fsp3) is 0.684. The van der Waals surface area contributed by atoms with Crippen LogP contribution in [0, 0.1) is 5.92 Å². The summed E-state index contributed by atoms with van der Waals surface area (Å²) >= 11 is 0. The molecule has 0 unspecified atom stereocenters. The van der Waals surface area contributed by atoms with Crippen LogP contribution in [0.3, 0.4) is 0 Å². The molecule has 0 spiro atoms. The van der Waals surface area contributed by atoms with Crippen molar-refractivity contribution in [1.82, 2.24) is 9.21 Å². The molecule has 146 valence electrons. The SMILES string of the molecule is CS(=O)(=O)N1CC[C@]2(O)CCN(CCCCOc3ccccc3)C[C@@H]2C1. The largest absolute Gasteiger partial charge is 0.494 e. The number of likely N-dealkylation sites (tertiary alicyclic amines) is 1. The van der Waals surface area contributed by atoms with E-state index in [2.05, 4.69) is 4.90 Å². The molecular formula is C19H30N2O4S. The Kier molecular flexibility index (Phi) is 6.22. The molecular weight excluding hydrogens is 352 g/mol. The highest BCUT2D eigenvalue weighted by Crippen LogP contribution is 2.36. The molecule has 0 radical (unpaired) electrons. The highest BCUT2D eigenvalue weighted by Gasteiger charge is 2.46. The molecule has 1 aromatic rings. The van der Waals surface area contributed by atoms with Crippen LogP contribution in [0.15, 0.2) is 30.3 Å². The number of fused-ring (bicyclic) bond motifs is 1. The van der Waals surface area contributed by atoms with Crippen molar-refractivity contribution in [3.05, 3.63) is 30.3 Å². The first-order valence-corrected chi connectivity index (χ1v) is 11.3. The van der Waals surface area contributed by atoms with Gasteiger partial charge in [0.25, 0.3) is 0 Å². The number of sulfonamides is 1. The Labute approximate surface area is 156 Å². The first kappa shape index (κ1) is 19.6. The van der Waals surface area contributed by atoms with Crippen LogP contribution in [0.4, 0.5) is 0 Å². The van der Waals surface area contributed by atoms with Gasteiger partial charge in [-0.25, -0.2) is 12.7 Å². The van der Waals surface area contributed by atoms with E-state index in [9.17, 15) is 13.5 Å². The third-order valence-electron chi connectivity index (χ3n) is 5.67. The van der Waals surface area contributed by atoms with E-state index in [0.29, 0.717) is 26.1 Å². The number of unbranched alkanes of at least 4 members (excludes halogenated alkanes) is 1. The van der Waals surface area contributed by atoms with Crippen LogP contribution in [-0.4, -0.2) is 73.9 Å². The van der Waals surface area contributed by atoms with Gasteiger partial charge in [-0.15, -0.1) is 0 Å². The number of hydrogen-bond acceptors (Lipinski definition) is 5. The number of benzene rings is 1. The third-order valence-corrected chi connectivity index (χ3v) is 6.94. The normalized spacial score (nSPS) is 27.8. The van der Waals surface area contributed by atoms with Gasteiger partial charge in [0.1, 0.15) is 5.75 Å². The lowest BCUT2D eigenvalue weighted by molar-refractivity contribution is -0.101. The monoisotopic (exact) mass is 382 g/mol. The molecule has 2 aliphatic rings. The summed E-state index contributed by atoms with van der Waals surface area (Å²) in [4.78, 5) is 2.35. The topological polar surface area (TPSA) is 70.1 Å². The summed E-state index contributed by atoms with van der Waals surface area (Å²) in [6, 6.07) is 9.83. The predicted molar refractivity (Wildman–Crippen MR) is 102 cm³/mol. The van der Waals surface area contributed by atoms with Crippen LogP contribution in [-0.2, 0) is 10.0 Å². The minimum Gasteiger partial charge on any atom is -0.494 e. The molecule has 6 nitrogen and oxygen atoms in total. The lowest BCUT2D eigenvalue weighted by Gasteiger charge is -2.49. The van der Waals surface area contributed by atoms with E-state index in [1.54, 1.807) is 0 Å². The van der Waals surface area contributed by atoms with Crippen LogP contribution in [0.25, 0.3) is 0 Å². The van der Waals surface area contributed by atoms with Gasteiger partial charge in [-0.2, -0.15) is 0 Å². The van der Waals surface area contributed by atoms with Crippen molar-refractivity contribution in [2.45, 2.75) is 31.3 Å². The van der Waals surface area contributed by atoms with Gasteiger partial charge in [0.2, 0.25) is 10.0 Å². The summed E-state index contributed by atoms with van der Waals surface area (Å²) < 4.78 is 30.9. The molecule has 2 aliphatic heterocycles. The molecule has 1 N–H and O–H groups in total. The predicted octanol–water partition coefficient (Wildman–Crippen LogP) is 1.56. The third kappa shape index (κ3) is 4.97. The van der Waals surface area contributed by atoms with E-state index in [4.69, 9.17) is 4.74 Å². The zero-order valence-electron chi connectivity index (χ0n) is 15.5. The summed E-state index contributed by atoms with van der Waals surface area (Å²) in [7, 11) is -3.18. The number of para-hydroxylation sites is 1. The Hall–Kier alpha value is -1.15. The molecule has 2 atom stereocenters. The average molecular weight is 383 g/mol. The number of aliphatic hydroxyl groups is 1. The Bertz CT molecular complexity index is 682. The molecule has 0 saturated carbocycles. The van der Waals surface area contributed by atoms with Crippen molar-refractivity contribution in [1.29, 1.82) is 0 Å². The van der Waals surface area contributed by atoms with E-state index in [-0.39, 0.29) is 5.92 Å². The van der Waals surface area contributed by atoms with Crippen LogP contribution in [0.5, 0.6) is 5.75 Å². The van der Waals surface area contributed by atoms with Gasteiger partial charge in [0, 0.05) is 32.1 Å². The zero-order chi connectivity index (χ0) is 18.6. The number of rotatable bonds is 7. The lowest BCUT2D eigenvalue weighted by Crippen LogP contribution is -2.60. The van der Waals surface area contributed by atoms with E-state index in [1.807, 2.05) is 30.3 Å². The molecule has 0 amide bonds. The first-order valence-electron chi connectivity index (χ1n) is 9.44. The maximum atomic E-state index is 11.8. The Morgan fingerprint density at radius 1 is 1.15 bits per heavy atom. The number of nitrogens with zero attached hydrogens (tertiary/aromatic N) is 2. The smallest absolute Gasteiger partial charge is 0.211 e. The fourth-order valence-electron chi connectivity index (χ4n) is 3.99. The average Bonchev–Trinajstić information content (AvgIpc) is 2.61. The minimum atomic E-state index is -3.18. The molecule has 2 fully saturated rings. The number of hydrogen-bond donors (Lipinski definition) is 1. The van der Waals surface area contributed by atoms with Crippen molar-refractivity contribution < 1.29 is 18.3 Å². The second-order valence-electron chi connectivity index (χ2n) is 7.59. The molecule has 7 heteroatoms. The van der Waals surface area contributed by atoms with Gasteiger partial charge in [0.05, 0.1) is 18.5 Å². The molecule has 0 aromatic heterocycles. The lowest BCUT2D eigenvalue weighted by atomic mass is 9.76. The highest BCUT2D eigenvalue weighted by molar-refractivity contribution is 7.88. The van der Waals surface area contributed by atoms with E-state index in [0.717, 1.165) is 44.6 Å². The highest BCUT2D eigenvalue weighted by atomic mass is 32.2. The Morgan fingerprint density at radius 2 is 1.88 bits per heavy atom. The Balaban J connectivity index is 1.42. The quantitative estimate of drug-likeness (QED) is 0.725. The van der Waals surface area contributed by atoms with Crippen molar-refractivity contribution in [2.24, 2.45) is 5.92 Å². The summed E-state index contributed by atoms with van der Waals surface area (Å²) in [5.74, 6) is 0.902. The summed E-state index contributed by atoms with van der Waals surface area (Å²) in [5, 5.41) is 10.9. The fourth-order valence-corrected chi connectivity index (χ4v) is 4.86. The van der Waals surface area contributed by atoms with Gasteiger partial charge in [-0.1, -0.05) is 18.2 Å². The number of piperidine rings is 2. The van der Waals surface area contributed by atoms with Crippen molar-refractivity contribution in [3.8, 4) is 5.75 Å². The van der Waals surface area contributed by atoms with Gasteiger partial charge >= 0.3 is 0 Å². The molecule has 3 rings (SSSR count). The van der Waals surface area contributed by atoms with Gasteiger partial charge < -0.3 is 14.7 Å². The van der Waals surface area contributed by atoms with E-state index in [1.165, 1.54) is 10.6 Å². The maximum Gasteiger partial charge on any atom is 0.211 e.